The maximum atomic E-state index is 15.2. The van der Waals surface area contributed by atoms with Gasteiger partial charge in [0.1, 0.15) is 11.9 Å². The van der Waals surface area contributed by atoms with Gasteiger partial charge in [-0.2, -0.15) is 0 Å². The van der Waals surface area contributed by atoms with Crippen molar-refractivity contribution in [3.8, 4) is 11.1 Å². The molecule has 1 heterocycles. The van der Waals surface area contributed by atoms with Gasteiger partial charge in [-0.25, -0.2) is 13.2 Å². The molecule has 1 aliphatic carbocycles. The van der Waals surface area contributed by atoms with Gasteiger partial charge in [0.2, 0.25) is 5.91 Å². The summed E-state index contributed by atoms with van der Waals surface area (Å²) in [4.78, 5) is 17.3. The van der Waals surface area contributed by atoms with Crippen molar-refractivity contribution in [3.05, 3.63) is 59.9 Å². The first-order chi connectivity index (χ1) is 16.3. The first-order valence-electron chi connectivity index (χ1n) is 12.2. The zero-order valence-corrected chi connectivity index (χ0v) is 19.9. The standard InChI is InChI=1S/C27H34F3N3O/c1-19(2)32-14-16-33(17-15-32)23-12-7-13-27(29,30)26(23)31-24(34)18-21-10-6-11-22(25(21)28)20-8-4-3-5-9-20/h3-6,8-11,19,23,26H,7,12-18H2,1-2H3,(H,31,34)/t23-,26+/m0/s1. The molecular formula is C27H34F3N3O. The van der Waals surface area contributed by atoms with Gasteiger partial charge < -0.3 is 5.32 Å². The van der Waals surface area contributed by atoms with Crippen LogP contribution in [0.1, 0.15) is 38.7 Å². The minimum absolute atomic E-state index is 0.208. The SMILES string of the molecule is CC(C)N1CCN([C@H]2CCCC(F)(F)[C@@H]2NC(=O)Cc2cccc(-c3ccccc3)c2F)CC1. The Morgan fingerprint density at radius 2 is 1.76 bits per heavy atom. The third-order valence-electron chi connectivity index (χ3n) is 7.23. The first-order valence-corrected chi connectivity index (χ1v) is 12.2. The molecule has 2 fully saturated rings. The number of piperazine rings is 1. The van der Waals surface area contributed by atoms with Crippen LogP contribution in [0.25, 0.3) is 11.1 Å². The van der Waals surface area contributed by atoms with Crippen LogP contribution in [0.15, 0.2) is 48.5 Å². The van der Waals surface area contributed by atoms with Gasteiger partial charge in [0, 0.05) is 50.2 Å². The van der Waals surface area contributed by atoms with E-state index in [0.29, 0.717) is 43.1 Å². The van der Waals surface area contributed by atoms with Crippen LogP contribution in [0.5, 0.6) is 0 Å². The molecule has 2 aromatic carbocycles. The molecule has 1 saturated heterocycles. The maximum absolute atomic E-state index is 15.2. The van der Waals surface area contributed by atoms with Crippen LogP contribution in [-0.2, 0) is 11.2 Å². The summed E-state index contributed by atoms with van der Waals surface area (Å²) in [6, 6.07) is 12.7. The molecule has 0 radical (unpaired) electrons. The van der Waals surface area contributed by atoms with Crippen molar-refractivity contribution in [3.63, 3.8) is 0 Å². The summed E-state index contributed by atoms with van der Waals surface area (Å²) in [6.45, 7) is 7.35. The number of hydrogen-bond donors (Lipinski definition) is 1. The number of nitrogens with zero attached hydrogens (tertiary/aromatic N) is 2. The minimum atomic E-state index is -2.99. The zero-order valence-electron chi connectivity index (χ0n) is 19.9. The maximum Gasteiger partial charge on any atom is 0.269 e. The van der Waals surface area contributed by atoms with E-state index < -0.39 is 29.7 Å². The molecule has 0 bridgehead atoms. The normalized spacial score (nSPS) is 23.7. The second-order valence-corrected chi connectivity index (χ2v) is 9.75. The van der Waals surface area contributed by atoms with Gasteiger partial charge >= 0.3 is 0 Å². The van der Waals surface area contributed by atoms with Gasteiger partial charge in [-0.05, 0) is 37.8 Å². The molecule has 0 aromatic heterocycles. The smallest absolute Gasteiger partial charge is 0.269 e. The predicted octanol–water partition coefficient (Wildman–Crippen LogP) is 4.73. The van der Waals surface area contributed by atoms with E-state index in [1.165, 1.54) is 0 Å². The van der Waals surface area contributed by atoms with Crippen molar-refractivity contribution in [2.24, 2.45) is 0 Å². The molecule has 1 aliphatic heterocycles. The third kappa shape index (κ3) is 5.47. The fourth-order valence-electron chi connectivity index (χ4n) is 5.29. The van der Waals surface area contributed by atoms with E-state index in [0.717, 1.165) is 13.1 Å². The zero-order chi connectivity index (χ0) is 24.3. The quantitative estimate of drug-likeness (QED) is 0.659. The van der Waals surface area contributed by atoms with E-state index in [4.69, 9.17) is 0 Å². The number of halogens is 3. The molecule has 0 unspecified atom stereocenters. The Morgan fingerprint density at radius 1 is 1.06 bits per heavy atom. The summed E-state index contributed by atoms with van der Waals surface area (Å²) >= 11 is 0. The van der Waals surface area contributed by atoms with E-state index in [1.807, 2.05) is 18.2 Å². The fourth-order valence-corrected chi connectivity index (χ4v) is 5.29. The number of nitrogens with one attached hydrogen (secondary N) is 1. The highest BCUT2D eigenvalue weighted by atomic mass is 19.3. The van der Waals surface area contributed by atoms with E-state index in [1.54, 1.807) is 30.3 Å². The number of hydrogen-bond acceptors (Lipinski definition) is 3. The second kappa shape index (κ2) is 10.5. The van der Waals surface area contributed by atoms with Crippen LogP contribution < -0.4 is 5.32 Å². The Hall–Kier alpha value is -2.38. The van der Waals surface area contributed by atoms with Crippen LogP contribution in [-0.4, -0.2) is 65.9 Å². The fraction of sp³-hybridized carbons (Fsp3) is 0.519. The predicted molar refractivity (Wildman–Crippen MR) is 128 cm³/mol. The van der Waals surface area contributed by atoms with Gasteiger partial charge in [0.25, 0.3) is 5.92 Å². The Labute approximate surface area is 200 Å². The average Bonchev–Trinajstić information content (AvgIpc) is 2.82. The molecule has 7 heteroatoms. The Bertz CT molecular complexity index is 974. The van der Waals surface area contributed by atoms with Gasteiger partial charge in [-0.1, -0.05) is 48.5 Å². The van der Waals surface area contributed by atoms with Crippen LogP contribution in [0.2, 0.25) is 0 Å². The average molecular weight is 474 g/mol. The lowest BCUT2D eigenvalue weighted by Gasteiger charge is -2.47. The molecular weight excluding hydrogens is 439 g/mol. The third-order valence-corrected chi connectivity index (χ3v) is 7.23. The summed E-state index contributed by atoms with van der Waals surface area (Å²) in [5.74, 6) is -4.04. The van der Waals surface area contributed by atoms with E-state index in [-0.39, 0.29) is 18.4 Å². The summed E-state index contributed by atoms with van der Waals surface area (Å²) in [6.07, 6.45) is 0.549. The van der Waals surface area contributed by atoms with Crippen LogP contribution in [0.4, 0.5) is 13.2 Å². The lowest BCUT2D eigenvalue weighted by atomic mass is 9.85. The molecule has 2 aromatic rings. The lowest BCUT2D eigenvalue weighted by Crippen LogP contribution is -2.64. The second-order valence-electron chi connectivity index (χ2n) is 9.75. The molecule has 1 saturated carbocycles. The number of carbonyl (C=O) groups excluding carboxylic acids is 1. The largest absolute Gasteiger partial charge is 0.345 e. The van der Waals surface area contributed by atoms with E-state index in [9.17, 15) is 4.79 Å². The highest BCUT2D eigenvalue weighted by Crippen LogP contribution is 2.36. The van der Waals surface area contributed by atoms with E-state index >= 15 is 13.2 Å². The van der Waals surface area contributed by atoms with Crippen molar-refractivity contribution in [1.82, 2.24) is 15.1 Å². The molecule has 4 nitrogen and oxygen atoms in total. The summed E-state index contributed by atoms with van der Waals surface area (Å²) in [5, 5.41) is 2.61. The number of alkyl halides is 2. The monoisotopic (exact) mass is 473 g/mol. The van der Waals surface area contributed by atoms with Crippen LogP contribution in [0, 0.1) is 5.82 Å². The Kier molecular flexibility index (Phi) is 7.63. The molecule has 4 rings (SSSR count). The van der Waals surface area contributed by atoms with Crippen molar-refractivity contribution in [2.75, 3.05) is 26.2 Å². The van der Waals surface area contributed by atoms with Crippen molar-refractivity contribution in [1.29, 1.82) is 0 Å². The number of carbonyl (C=O) groups is 1. The van der Waals surface area contributed by atoms with Crippen LogP contribution in [0.3, 0.4) is 0 Å². The number of amides is 1. The first kappa shape index (κ1) is 24.7. The van der Waals surface area contributed by atoms with Crippen molar-refractivity contribution in [2.45, 2.75) is 63.6 Å². The number of benzene rings is 2. The lowest BCUT2D eigenvalue weighted by molar-refractivity contribution is -0.133. The van der Waals surface area contributed by atoms with Gasteiger partial charge in [0.15, 0.2) is 0 Å². The number of rotatable bonds is 6. The molecule has 2 atom stereocenters. The molecule has 34 heavy (non-hydrogen) atoms. The highest BCUT2D eigenvalue weighted by molar-refractivity contribution is 5.80. The molecule has 184 valence electrons. The molecule has 2 aliphatic rings. The topological polar surface area (TPSA) is 35.6 Å². The highest BCUT2D eigenvalue weighted by Gasteiger charge is 2.49. The summed E-state index contributed by atoms with van der Waals surface area (Å²) < 4.78 is 45.2. The molecule has 1 amide bonds. The Balaban J connectivity index is 1.47. The molecule has 1 N–H and O–H groups in total. The van der Waals surface area contributed by atoms with E-state index in [2.05, 4.69) is 29.0 Å². The molecule has 0 spiro atoms. The van der Waals surface area contributed by atoms with Gasteiger partial charge in [-0.3, -0.25) is 14.6 Å². The minimum Gasteiger partial charge on any atom is -0.345 e. The summed E-state index contributed by atoms with van der Waals surface area (Å²) in [5.41, 5.74) is 1.32. The van der Waals surface area contributed by atoms with Gasteiger partial charge in [-0.15, -0.1) is 0 Å². The van der Waals surface area contributed by atoms with Crippen molar-refractivity contribution >= 4 is 5.91 Å². The Morgan fingerprint density at radius 3 is 2.44 bits per heavy atom. The van der Waals surface area contributed by atoms with Gasteiger partial charge in [0.05, 0.1) is 6.42 Å². The van der Waals surface area contributed by atoms with Crippen molar-refractivity contribution < 1.29 is 18.0 Å². The summed E-state index contributed by atoms with van der Waals surface area (Å²) in [7, 11) is 0. The van der Waals surface area contributed by atoms with Crippen LogP contribution >= 0.6 is 0 Å².